The molecule has 0 radical (unpaired) electrons. The molecule has 2 nitrogen and oxygen atoms in total. The van der Waals surface area contributed by atoms with Crippen LogP contribution in [0.3, 0.4) is 0 Å². The number of ether oxygens (including phenoxy) is 1. The van der Waals surface area contributed by atoms with E-state index in [0.717, 1.165) is 35.7 Å². The van der Waals surface area contributed by atoms with Crippen LogP contribution in [-0.2, 0) is 11.8 Å². The Balaban J connectivity index is 2.07. The molecule has 0 unspecified atom stereocenters. The fraction of sp³-hybridized carbons (Fsp3) is 0.667. The lowest BCUT2D eigenvalue weighted by atomic mass is 9.56. The molecule has 2 aliphatic carbocycles. The third kappa shape index (κ3) is 3.28. The van der Waals surface area contributed by atoms with E-state index in [2.05, 4.69) is 46.3 Å². The summed E-state index contributed by atoms with van der Waals surface area (Å²) in [4.78, 5) is 2.29. The van der Waals surface area contributed by atoms with Crippen molar-refractivity contribution in [2.45, 2.75) is 49.9 Å². The van der Waals surface area contributed by atoms with Gasteiger partial charge < -0.3 is 9.64 Å². The Hall–Kier alpha value is -0.500. The summed E-state index contributed by atoms with van der Waals surface area (Å²) in [5.74, 6) is 0.407. The Labute approximate surface area is 154 Å². The molecule has 0 heterocycles. The van der Waals surface area contributed by atoms with Crippen LogP contribution in [0.25, 0.3) is 0 Å². The van der Waals surface area contributed by atoms with Crippen molar-refractivity contribution in [2.75, 3.05) is 18.5 Å². The van der Waals surface area contributed by atoms with Crippen LogP contribution in [0.15, 0.2) is 18.2 Å². The van der Waals surface area contributed by atoms with Gasteiger partial charge in [0.25, 0.3) is 0 Å². The zero-order valence-corrected chi connectivity index (χ0v) is 16.2. The quantitative estimate of drug-likeness (QED) is 0.475. The van der Waals surface area contributed by atoms with Crippen LogP contribution in [0.5, 0.6) is 5.75 Å². The standard InChI is InChI=1S/C18H23F3INO/c1-23(2)16-9-12-6-7-13(24-18(19,20)21)10-15(12)17(11-22)8-4-3-5-14(16)17/h6-7,10,14,16H,3-5,8-9,11H2,1-2H3/t14-,16+,17+/m1/s1. The molecular weight excluding hydrogens is 430 g/mol. The van der Waals surface area contributed by atoms with Crippen LogP contribution >= 0.6 is 22.6 Å². The highest BCUT2D eigenvalue weighted by molar-refractivity contribution is 14.1. The first-order valence-corrected chi connectivity index (χ1v) is 9.91. The molecule has 1 aromatic rings. The molecule has 0 saturated heterocycles. The first-order chi connectivity index (χ1) is 11.3. The van der Waals surface area contributed by atoms with Gasteiger partial charge in [0, 0.05) is 15.9 Å². The normalized spacial score (nSPS) is 30.0. The van der Waals surface area contributed by atoms with Gasteiger partial charge in [0.2, 0.25) is 0 Å². The van der Waals surface area contributed by atoms with Gasteiger partial charge in [-0.1, -0.05) is 41.5 Å². The Bertz CT molecular complexity index is 604. The molecular formula is C18H23F3INO. The summed E-state index contributed by atoms with van der Waals surface area (Å²) >= 11 is 2.42. The minimum Gasteiger partial charge on any atom is -0.406 e. The van der Waals surface area contributed by atoms with Crippen molar-refractivity contribution < 1.29 is 17.9 Å². The second-order valence-electron chi connectivity index (χ2n) is 7.24. The summed E-state index contributed by atoms with van der Waals surface area (Å²) in [5, 5.41) is 0. The number of nitrogens with zero attached hydrogens (tertiary/aromatic N) is 1. The molecule has 3 rings (SSSR count). The molecule has 6 heteroatoms. The predicted molar refractivity (Wildman–Crippen MR) is 96.8 cm³/mol. The molecule has 1 saturated carbocycles. The Morgan fingerprint density at radius 2 is 2.04 bits per heavy atom. The van der Waals surface area contributed by atoms with E-state index in [1.165, 1.54) is 18.1 Å². The van der Waals surface area contributed by atoms with Crippen LogP contribution in [-0.4, -0.2) is 35.8 Å². The van der Waals surface area contributed by atoms with E-state index in [-0.39, 0.29) is 11.2 Å². The second-order valence-corrected chi connectivity index (χ2v) is 8.01. The summed E-state index contributed by atoms with van der Waals surface area (Å²) in [6.45, 7) is 0. The maximum Gasteiger partial charge on any atom is 0.573 e. The van der Waals surface area contributed by atoms with Crippen LogP contribution in [0.2, 0.25) is 0 Å². The van der Waals surface area contributed by atoms with Crippen molar-refractivity contribution in [3.63, 3.8) is 0 Å². The van der Waals surface area contributed by atoms with E-state index < -0.39 is 6.36 Å². The van der Waals surface area contributed by atoms with Gasteiger partial charge in [-0.2, -0.15) is 0 Å². The van der Waals surface area contributed by atoms with Crippen LogP contribution < -0.4 is 4.74 Å². The molecule has 2 aliphatic rings. The van der Waals surface area contributed by atoms with Crippen molar-refractivity contribution in [1.82, 2.24) is 4.90 Å². The van der Waals surface area contributed by atoms with Gasteiger partial charge in [-0.25, -0.2) is 0 Å². The minimum atomic E-state index is -4.64. The lowest BCUT2D eigenvalue weighted by Gasteiger charge is -2.53. The molecule has 3 atom stereocenters. The first-order valence-electron chi connectivity index (χ1n) is 8.38. The Morgan fingerprint density at radius 3 is 2.67 bits per heavy atom. The van der Waals surface area contributed by atoms with Gasteiger partial charge in [-0.15, -0.1) is 13.2 Å². The zero-order chi connectivity index (χ0) is 17.5. The first kappa shape index (κ1) is 18.3. The molecule has 24 heavy (non-hydrogen) atoms. The van der Waals surface area contributed by atoms with E-state index in [9.17, 15) is 13.2 Å². The van der Waals surface area contributed by atoms with Gasteiger partial charge >= 0.3 is 6.36 Å². The van der Waals surface area contributed by atoms with Crippen molar-refractivity contribution >= 4 is 22.6 Å². The molecule has 0 bridgehead atoms. The Kier molecular flexibility index (Phi) is 5.08. The average molecular weight is 453 g/mol. The molecule has 1 fully saturated rings. The molecule has 0 N–H and O–H groups in total. The molecule has 0 aliphatic heterocycles. The third-order valence-electron chi connectivity index (χ3n) is 5.74. The summed E-state index contributed by atoms with van der Waals surface area (Å²) in [7, 11) is 4.23. The van der Waals surface area contributed by atoms with Crippen molar-refractivity contribution in [3.05, 3.63) is 29.3 Å². The van der Waals surface area contributed by atoms with E-state index >= 15 is 0 Å². The molecule has 1 aromatic carbocycles. The SMILES string of the molecule is CN(C)[C@H]1Cc2ccc(OC(F)(F)F)cc2[C@]2(CI)CCCC[C@H]12. The number of halogens is 4. The monoisotopic (exact) mass is 453 g/mol. The zero-order valence-electron chi connectivity index (χ0n) is 14.0. The van der Waals surface area contributed by atoms with Gasteiger partial charge in [-0.05, 0) is 62.5 Å². The number of fused-ring (bicyclic) bond motifs is 3. The number of benzene rings is 1. The van der Waals surface area contributed by atoms with E-state index in [4.69, 9.17) is 0 Å². The molecule has 0 aromatic heterocycles. The van der Waals surface area contributed by atoms with Gasteiger partial charge in [0.05, 0.1) is 0 Å². The fourth-order valence-electron chi connectivity index (χ4n) is 4.70. The third-order valence-corrected chi connectivity index (χ3v) is 7.11. The second kappa shape index (κ2) is 6.67. The van der Waals surface area contributed by atoms with Gasteiger partial charge in [0.15, 0.2) is 0 Å². The van der Waals surface area contributed by atoms with Gasteiger partial charge in [-0.3, -0.25) is 0 Å². The highest BCUT2D eigenvalue weighted by atomic mass is 127. The fourth-order valence-corrected chi connectivity index (χ4v) is 6.06. The highest BCUT2D eigenvalue weighted by Gasteiger charge is 2.49. The summed E-state index contributed by atoms with van der Waals surface area (Å²) < 4.78 is 43.0. The van der Waals surface area contributed by atoms with Crippen molar-refractivity contribution in [1.29, 1.82) is 0 Å². The number of alkyl halides is 4. The number of likely N-dealkylation sites (N-methyl/N-ethyl adjacent to an activating group) is 1. The molecule has 134 valence electrons. The molecule has 0 amide bonds. The van der Waals surface area contributed by atoms with Crippen LogP contribution in [0.1, 0.15) is 36.8 Å². The van der Waals surface area contributed by atoms with Crippen LogP contribution in [0.4, 0.5) is 13.2 Å². The lowest BCUT2D eigenvalue weighted by molar-refractivity contribution is -0.274. The van der Waals surface area contributed by atoms with E-state index in [1.807, 2.05) is 6.07 Å². The predicted octanol–water partition coefficient (Wildman–Crippen LogP) is 4.93. The topological polar surface area (TPSA) is 12.5 Å². The highest BCUT2D eigenvalue weighted by Crippen LogP contribution is 2.52. The average Bonchev–Trinajstić information content (AvgIpc) is 2.52. The van der Waals surface area contributed by atoms with E-state index in [0.29, 0.717) is 12.0 Å². The smallest absolute Gasteiger partial charge is 0.406 e. The molecule has 0 spiro atoms. The summed E-state index contributed by atoms with van der Waals surface area (Å²) in [6.07, 6.45) is 0.810. The van der Waals surface area contributed by atoms with Gasteiger partial charge in [0.1, 0.15) is 5.75 Å². The number of hydrogen-bond acceptors (Lipinski definition) is 2. The maximum absolute atomic E-state index is 12.6. The van der Waals surface area contributed by atoms with Crippen molar-refractivity contribution in [3.8, 4) is 5.75 Å². The largest absolute Gasteiger partial charge is 0.573 e. The van der Waals surface area contributed by atoms with E-state index in [1.54, 1.807) is 6.07 Å². The Morgan fingerprint density at radius 1 is 1.29 bits per heavy atom. The maximum atomic E-state index is 12.6. The minimum absolute atomic E-state index is 0.0354. The van der Waals surface area contributed by atoms with Crippen LogP contribution in [0, 0.1) is 5.92 Å². The summed E-state index contributed by atoms with van der Waals surface area (Å²) in [6, 6.07) is 5.41. The number of hydrogen-bond donors (Lipinski definition) is 0. The summed E-state index contributed by atoms with van der Waals surface area (Å²) in [5.41, 5.74) is 2.23. The lowest BCUT2D eigenvalue weighted by Crippen LogP contribution is -2.54. The number of rotatable bonds is 3. The van der Waals surface area contributed by atoms with Crippen molar-refractivity contribution in [2.24, 2.45) is 5.92 Å².